The maximum absolute atomic E-state index is 12.4. The molecule has 0 atom stereocenters. The quantitative estimate of drug-likeness (QED) is 0.706. The number of hydrazine groups is 1. The van der Waals surface area contributed by atoms with E-state index in [-0.39, 0.29) is 10.5 Å². The van der Waals surface area contributed by atoms with Gasteiger partial charge in [0.25, 0.3) is 15.9 Å². The van der Waals surface area contributed by atoms with Gasteiger partial charge in [0.2, 0.25) is 0 Å². The Labute approximate surface area is 156 Å². The van der Waals surface area contributed by atoms with Gasteiger partial charge < -0.3 is 18.9 Å². The second kappa shape index (κ2) is 7.72. The number of carbonyl (C=O) groups is 1. The summed E-state index contributed by atoms with van der Waals surface area (Å²) in [6, 6.07) is 8.69. The lowest BCUT2D eigenvalue weighted by Gasteiger charge is -2.19. The van der Waals surface area contributed by atoms with Crippen LogP contribution in [-0.4, -0.2) is 41.8 Å². The third kappa shape index (κ3) is 4.23. The van der Waals surface area contributed by atoms with Crippen LogP contribution in [0.3, 0.4) is 0 Å². The highest BCUT2D eigenvalue weighted by atomic mass is 32.2. The summed E-state index contributed by atoms with van der Waals surface area (Å²) in [6.07, 6.45) is 0. The van der Waals surface area contributed by atoms with Gasteiger partial charge >= 0.3 is 0 Å². The number of hydrogen-bond donors (Lipinski definition) is 2. The number of nitrogens with one attached hydrogen (secondary N) is 2. The standard InChI is InChI=1S/C17H18N2O7S/c1-23-12-7-11(8-13(9-12)24-2)17(20)18-19-27(21,22)14-3-4-15-16(10-14)26-6-5-25-15/h3-4,7-10,19H,5-6H2,1-2H3,(H,18,20). The van der Waals surface area contributed by atoms with Crippen LogP contribution >= 0.6 is 0 Å². The first-order chi connectivity index (χ1) is 12.9. The molecule has 2 aromatic carbocycles. The van der Waals surface area contributed by atoms with E-state index in [0.29, 0.717) is 36.2 Å². The number of ether oxygens (including phenoxy) is 4. The molecule has 0 saturated carbocycles. The molecule has 10 heteroatoms. The van der Waals surface area contributed by atoms with Gasteiger partial charge in [0, 0.05) is 17.7 Å². The molecule has 1 amide bonds. The molecule has 0 unspecified atom stereocenters. The van der Waals surface area contributed by atoms with Crippen molar-refractivity contribution in [1.29, 1.82) is 0 Å². The van der Waals surface area contributed by atoms with Crippen LogP contribution in [0.2, 0.25) is 0 Å². The first-order valence-corrected chi connectivity index (χ1v) is 9.36. The molecule has 1 aliphatic rings. The second-order valence-electron chi connectivity index (χ2n) is 5.47. The zero-order chi connectivity index (χ0) is 19.4. The lowest BCUT2D eigenvalue weighted by Crippen LogP contribution is -2.41. The summed E-state index contributed by atoms with van der Waals surface area (Å²) >= 11 is 0. The van der Waals surface area contributed by atoms with Gasteiger partial charge in [-0.25, -0.2) is 8.42 Å². The molecule has 144 valence electrons. The average molecular weight is 394 g/mol. The minimum atomic E-state index is -4.01. The molecule has 1 heterocycles. The Morgan fingerprint density at radius 3 is 2.22 bits per heavy atom. The van der Waals surface area contributed by atoms with Crippen molar-refractivity contribution >= 4 is 15.9 Å². The van der Waals surface area contributed by atoms with Crippen molar-refractivity contribution in [2.45, 2.75) is 4.90 Å². The first kappa shape index (κ1) is 18.8. The van der Waals surface area contributed by atoms with Crippen LogP contribution in [0.1, 0.15) is 10.4 Å². The average Bonchev–Trinajstić information content (AvgIpc) is 2.71. The van der Waals surface area contributed by atoms with Gasteiger partial charge in [-0.05, 0) is 24.3 Å². The van der Waals surface area contributed by atoms with E-state index in [2.05, 4.69) is 5.43 Å². The van der Waals surface area contributed by atoms with Gasteiger partial charge in [0.1, 0.15) is 24.7 Å². The molecule has 0 fully saturated rings. The smallest absolute Gasteiger partial charge is 0.266 e. The van der Waals surface area contributed by atoms with E-state index < -0.39 is 15.9 Å². The van der Waals surface area contributed by atoms with Crippen LogP contribution in [0.5, 0.6) is 23.0 Å². The molecule has 0 radical (unpaired) electrons. The normalized spacial score (nSPS) is 13.0. The predicted octanol–water partition coefficient (Wildman–Crippen LogP) is 1.10. The highest BCUT2D eigenvalue weighted by Crippen LogP contribution is 2.32. The number of benzene rings is 2. The molecule has 0 spiro atoms. The van der Waals surface area contributed by atoms with E-state index in [1.54, 1.807) is 6.07 Å². The largest absolute Gasteiger partial charge is 0.497 e. The van der Waals surface area contributed by atoms with Gasteiger partial charge in [0.05, 0.1) is 19.1 Å². The minimum absolute atomic E-state index is 0.0738. The molecule has 27 heavy (non-hydrogen) atoms. The Morgan fingerprint density at radius 1 is 0.963 bits per heavy atom. The minimum Gasteiger partial charge on any atom is -0.497 e. The molecule has 1 aliphatic heterocycles. The zero-order valence-electron chi connectivity index (χ0n) is 14.6. The molecule has 2 N–H and O–H groups in total. The van der Waals surface area contributed by atoms with Crippen molar-refractivity contribution in [3.8, 4) is 23.0 Å². The van der Waals surface area contributed by atoms with Crippen LogP contribution < -0.4 is 29.2 Å². The zero-order valence-corrected chi connectivity index (χ0v) is 15.5. The molecular formula is C17H18N2O7S. The summed E-state index contributed by atoms with van der Waals surface area (Å²) in [5.74, 6) is 0.914. The van der Waals surface area contributed by atoms with Crippen LogP contribution in [0.15, 0.2) is 41.3 Å². The molecule has 0 aliphatic carbocycles. The first-order valence-electron chi connectivity index (χ1n) is 7.88. The fraction of sp³-hybridized carbons (Fsp3) is 0.235. The second-order valence-corrected chi connectivity index (χ2v) is 7.15. The molecule has 2 aromatic rings. The van der Waals surface area contributed by atoms with E-state index >= 15 is 0 Å². The number of sulfonamides is 1. The van der Waals surface area contributed by atoms with Gasteiger partial charge in [-0.1, -0.05) is 0 Å². The lowest BCUT2D eigenvalue weighted by molar-refractivity contribution is 0.0944. The summed E-state index contributed by atoms with van der Waals surface area (Å²) in [5.41, 5.74) is 2.32. The van der Waals surface area contributed by atoms with Crippen molar-refractivity contribution in [2.24, 2.45) is 0 Å². The van der Waals surface area contributed by atoms with E-state index in [1.165, 1.54) is 44.6 Å². The number of rotatable bonds is 6. The van der Waals surface area contributed by atoms with Crippen molar-refractivity contribution < 1.29 is 32.2 Å². The van der Waals surface area contributed by atoms with E-state index in [0.717, 1.165) is 0 Å². The van der Waals surface area contributed by atoms with Gasteiger partial charge in [-0.3, -0.25) is 10.2 Å². The molecule has 9 nitrogen and oxygen atoms in total. The van der Waals surface area contributed by atoms with Crippen LogP contribution in [0.4, 0.5) is 0 Å². The summed E-state index contributed by atoms with van der Waals surface area (Å²) < 4.78 is 45.8. The highest BCUT2D eigenvalue weighted by Gasteiger charge is 2.20. The predicted molar refractivity (Wildman–Crippen MR) is 94.8 cm³/mol. The monoisotopic (exact) mass is 394 g/mol. The molecule has 0 saturated heterocycles. The molecular weight excluding hydrogens is 376 g/mol. The molecule has 0 aromatic heterocycles. The lowest BCUT2D eigenvalue weighted by atomic mass is 10.2. The maximum Gasteiger partial charge on any atom is 0.266 e. The van der Waals surface area contributed by atoms with Crippen molar-refractivity contribution in [3.05, 3.63) is 42.0 Å². The van der Waals surface area contributed by atoms with Crippen molar-refractivity contribution in [1.82, 2.24) is 10.3 Å². The Balaban J connectivity index is 1.74. The van der Waals surface area contributed by atoms with Crippen LogP contribution in [-0.2, 0) is 10.0 Å². The van der Waals surface area contributed by atoms with Crippen LogP contribution in [0.25, 0.3) is 0 Å². The Kier molecular flexibility index (Phi) is 5.38. The fourth-order valence-electron chi connectivity index (χ4n) is 2.37. The third-order valence-corrected chi connectivity index (χ3v) is 4.98. The summed E-state index contributed by atoms with van der Waals surface area (Å²) in [4.78, 5) is 14.3. The Bertz CT molecular complexity index is 937. The number of amides is 1. The van der Waals surface area contributed by atoms with Gasteiger partial charge in [0.15, 0.2) is 11.5 Å². The Hall–Kier alpha value is -2.98. The number of carbonyl (C=O) groups excluding carboxylic acids is 1. The van der Waals surface area contributed by atoms with E-state index in [1.807, 2.05) is 4.83 Å². The highest BCUT2D eigenvalue weighted by molar-refractivity contribution is 7.89. The number of methoxy groups -OCH3 is 2. The summed E-state index contributed by atoms with van der Waals surface area (Å²) in [5, 5.41) is 0. The molecule has 3 rings (SSSR count). The fourth-order valence-corrected chi connectivity index (χ4v) is 3.23. The third-order valence-electron chi connectivity index (χ3n) is 3.74. The summed E-state index contributed by atoms with van der Waals surface area (Å²) in [7, 11) is -1.12. The maximum atomic E-state index is 12.4. The topological polar surface area (TPSA) is 112 Å². The van der Waals surface area contributed by atoms with Crippen molar-refractivity contribution in [3.63, 3.8) is 0 Å². The number of hydrogen-bond acceptors (Lipinski definition) is 7. The van der Waals surface area contributed by atoms with E-state index in [4.69, 9.17) is 18.9 Å². The van der Waals surface area contributed by atoms with Gasteiger partial charge in [-0.2, -0.15) is 0 Å². The van der Waals surface area contributed by atoms with Crippen molar-refractivity contribution in [2.75, 3.05) is 27.4 Å². The van der Waals surface area contributed by atoms with Crippen LogP contribution in [0, 0.1) is 0 Å². The Morgan fingerprint density at radius 2 is 1.59 bits per heavy atom. The SMILES string of the molecule is COc1cc(OC)cc(C(=O)NNS(=O)(=O)c2ccc3c(c2)OCCO3)c1. The molecule has 0 bridgehead atoms. The van der Waals surface area contributed by atoms with E-state index in [9.17, 15) is 13.2 Å². The van der Waals surface area contributed by atoms with Gasteiger partial charge in [-0.15, -0.1) is 4.83 Å². The summed E-state index contributed by atoms with van der Waals surface area (Å²) in [6.45, 7) is 0.732. The number of fused-ring (bicyclic) bond motifs is 1.